The standard InChI is InChI=1S/C22H29O3P.Li.H/c1-14-12-17(22(4,5)6)13-15(2)20(14)21(23)26-19-10-8-18(9-11-19)25-16(3)24-7;;/h8-13,16,26H,1-7H3;;. The molecule has 0 fully saturated rings. The molecule has 0 heterocycles. The van der Waals surface area contributed by atoms with Gasteiger partial charge in [0.2, 0.25) is 0 Å². The number of methoxy groups -OCH3 is 1. The van der Waals surface area contributed by atoms with E-state index in [-0.39, 0.29) is 44.7 Å². The minimum absolute atomic E-state index is 0. The van der Waals surface area contributed by atoms with E-state index in [1.807, 2.05) is 45.0 Å². The van der Waals surface area contributed by atoms with Crippen LogP contribution in [0.25, 0.3) is 0 Å². The van der Waals surface area contributed by atoms with Gasteiger partial charge in [0.05, 0.1) is 0 Å². The summed E-state index contributed by atoms with van der Waals surface area (Å²) in [4.78, 5) is 12.9. The van der Waals surface area contributed by atoms with Gasteiger partial charge in [-0.3, -0.25) is 4.79 Å². The first-order valence-electron chi connectivity index (χ1n) is 8.84. The molecule has 0 aliphatic rings. The maximum atomic E-state index is 12.9. The van der Waals surface area contributed by atoms with Crippen molar-refractivity contribution < 1.29 is 14.3 Å². The summed E-state index contributed by atoms with van der Waals surface area (Å²) >= 11 is 0. The molecule has 5 heteroatoms. The van der Waals surface area contributed by atoms with Crippen molar-refractivity contribution in [3.8, 4) is 5.75 Å². The second-order valence-electron chi connectivity index (χ2n) is 7.63. The van der Waals surface area contributed by atoms with Crippen LogP contribution in [0, 0.1) is 13.8 Å². The molecule has 0 aliphatic heterocycles. The van der Waals surface area contributed by atoms with Crippen LogP contribution >= 0.6 is 8.58 Å². The number of carbonyl (C=O) groups excluding carboxylic acids is 1. The number of hydrogen-bond donors (Lipinski definition) is 0. The van der Waals surface area contributed by atoms with Crippen LogP contribution in [0.1, 0.15) is 54.7 Å². The van der Waals surface area contributed by atoms with Gasteiger partial charge in [0.15, 0.2) is 11.8 Å². The summed E-state index contributed by atoms with van der Waals surface area (Å²) in [6.07, 6.45) is -0.295. The Kier molecular flexibility index (Phi) is 8.78. The quantitative estimate of drug-likeness (QED) is 0.421. The molecule has 27 heavy (non-hydrogen) atoms. The number of benzene rings is 2. The second-order valence-corrected chi connectivity index (χ2v) is 8.92. The van der Waals surface area contributed by atoms with E-state index in [0.29, 0.717) is 0 Å². The van der Waals surface area contributed by atoms with Crippen molar-refractivity contribution >= 4 is 38.3 Å². The predicted molar refractivity (Wildman–Crippen MR) is 118 cm³/mol. The average molecular weight is 380 g/mol. The summed E-state index contributed by atoms with van der Waals surface area (Å²) in [7, 11) is 1.70. The van der Waals surface area contributed by atoms with Crippen molar-refractivity contribution in [3.63, 3.8) is 0 Å². The van der Waals surface area contributed by atoms with E-state index in [0.717, 1.165) is 27.7 Å². The van der Waals surface area contributed by atoms with Gasteiger partial charge in [-0.25, -0.2) is 0 Å². The van der Waals surface area contributed by atoms with Crippen LogP contribution in [0.15, 0.2) is 36.4 Å². The third kappa shape index (κ3) is 6.48. The fraction of sp³-hybridized carbons (Fsp3) is 0.409. The Bertz CT molecular complexity index is 756. The fourth-order valence-corrected chi connectivity index (χ4v) is 3.92. The van der Waals surface area contributed by atoms with Gasteiger partial charge >= 0.3 is 18.9 Å². The van der Waals surface area contributed by atoms with Crippen molar-refractivity contribution in [2.75, 3.05) is 7.11 Å². The Labute approximate surface area is 177 Å². The molecule has 0 saturated carbocycles. The molecular formula is C22H30LiO3P. The van der Waals surface area contributed by atoms with E-state index < -0.39 is 0 Å². The first-order valence-corrected chi connectivity index (χ1v) is 9.84. The topological polar surface area (TPSA) is 35.5 Å². The average Bonchev–Trinajstić information content (AvgIpc) is 2.55. The summed E-state index contributed by atoms with van der Waals surface area (Å²) in [5.41, 5.74) is 4.49. The van der Waals surface area contributed by atoms with Crippen molar-refractivity contribution in [1.82, 2.24) is 0 Å². The van der Waals surface area contributed by atoms with Gasteiger partial charge in [0, 0.05) is 12.7 Å². The zero-order valence-corrected chi connectivity index (χ0v) is 17.8. The van der Waals surface area contributed by atoms with Crippen LogP contribution in [-0.4, -0.2) is 37.8 Å². The van der Waals surface area contributed by atoms with Crippen LogP contribution in [0.4, 0.5) is 0 Å². The van der Waals surface area contributed by atoms with Crippen LogP contribution in [0.3, 0.4) is 0 Å². The van der Waals surface area contributed by atoms with Gasteiger partial charge in [0.1, 0.15) is 5.75 Å². The summed E-state index contributed by atoms with van der Waals surface area (Å²) in [5, 5.41) is 1.01. The van der Waals surface area contributed by atoms with Crippen LogP contribution in [0.5, 0.6) is 5.75 Å². The van der Waals surface area contributed by atoms with Gasteiger partial charge in [-0.05, 0) is 68.9 Å². The molecule has 2 unspecified atom stereocenters. The van der Waals surface area contributed by atoms with Gasteiger partial charge in [-0.2, -0.15) is 0 Å². The zero-order valence-electron chi connectivity index (χ0n) is 16.8. The monoisotopic (exact) mass is 380 g/mol. The molecular weight excluding hydrogens is 350 g/mol. The molecule has 0 aliphatic carbocycles. The van der Waals surface area contributed by atoms with Gasteiger partial charge < -0.3 is 9.47 Å². The molecule has 0 aromatic heterocycles. The molecule has 0 amide bonds. The third-order valence-electron chi connectivity index (χ3n) is 4.37. The first-order chi connectivity index (χ1) is 12.1. The van der Waals surface area contributed by atoms with E-state index in [1.165, 1.54) is 5.56 Å². The summed E-state index contributed by atoms with van der Waals surface area (Å²) in [6, 6.07) is 12.0. The summed E-state index contributed by atoms with van der Waals surface area (Å²) in [6.45, 7) is 12.5. The molecule has 2 rings (SSSR count). The van der Waals surface area contributed by atoms with Crippen LogP contribution in [-0.2, 0) is 10.2 Å². The molecule has 2 aromatic rings. The normalized spacial score (nSPS) is 12.7. The number of carbonyl (C=O) groups is 1. The minimum atomic E-state index is -0.295. The van der Waals surface area contributed by atoms with E-state index in [1.54, 1.807) is 7.11 Å². The maximum absolute atomic E-state index is 12.9. The van der Waals surface area contributed by atoms with Crippen molar-refractivity contribution in [1.29, 1.82) is 0 Å². The SMILES string of the molecule is COC(C)Oc1ccc(PC(=O)c2c(C)cc(C(C)(C)C)cc2C)cc1.[LiH]. The molecule has 142 valence electrons. The van der Waals surface area contributed by atoms with Crippen LogP contribution in [0.2, 0.25) is 0 Å². The number of rotatable bonds is 6. The molecule has 0 radical (unpaired) electrons. The van der Waals surface area contributed by atoms with Gasteiger partial charge in [-0.15, -0.1) is 0 Å². The van der Waals surface area contributed by atoms with Crippen LogP contribution < -0.4 is 10.0 Å². The zero-order chi connectivity index (χ0) is 19.5. The van der Waals surface area contributed by atoms with E-state index in [2.05, 4.69) is 32.9 Å². The Morgan fingerprint density at radius 3 is 2.00 bits per heavy atom. The Hall–Kier alpha value is -1.10. The third-order valence-corrected chi connectivity index (χ3v) is 5.47. The first kappa shape index (κ1) is 23.9. The number of ether oxygens (including phenoxy) is 2. The Morgan fingerprint density at radius 2 is 1.56 bits per heavy atom. The molecule has 3 nitrogen and oxygen atoms in total. The molecule has 0 spiro atoms. The molecule has 2 aromatic carbocycles. The Balaban J connectivity index is 0.00000364. The fourth-order valence-electron chi connectivity index (χ4n) is 2.80. The van der Waals surface area contributed by atoms with Crippen molar-refractivity contribution in [2.24, 2.45) is 0 Å². The molecule has 0 bridgehead atoms. The van der Waals surface area contributed by atoms with Gasteiger partial charge in [-0.1, -0.05) is 45.0 Å². The van der Waals surface area contributed by atoms with Crippen molar-refractivity contribution in [2.45, 2.75) is 53.2 Å². The Morgan fingerprint density at radius 1 is 1.04 bits per heavy atom. The van der Waals surface area contributed by atoms with Crippen molar-refractivity contribution in [3.05, 3.63) is 58.7 Å². The number of aryl methyl sites for hydroxylation is 2. The molecule has 0 saturated heterocycles. The van der Waals surface area contributed by atoms with E-state index >= 15 is 0 Å². The summed E-state index contributed by atoms with van der Waals surface area (Å²) in [5.74, 6) is 0.738. The molecule has 2 atom stereocenters. The summed E-state index contributed by atoms with van der Waals surface area (Å²) < 4.78 is 10.7. The van der Waals surface area contributed by atoms with E-state index in [4.69, 9.17) is 9.47 Å². The predicted octanol–water partition coefficient (Wildman–Crippen LogP) is 4.47. The van der Waals surface area contributed by atoms with E-state index in [9.17, 15) is 4.79 Å². The number of hydrogen-bond acceptors (Lipinski definition) is 3. The molecule has 0 N–H and O–H groups in total. The van der Waals surface area contributed by atoms with Gasteiger partial charge in [0.25, 0.3) is 0 Å². The second kappa shape index (κ2) is 9.90.